The molecule has 2 atom stereocenters. The predicted molar refractivity (Wildman–Crippen MR) is 217 cm³/mol. The van der Waals surface area contributed by atoms with Crippen molar-refractivity contribution in [3.63, 3.8) is 0 Å². The molecule has 0 aliphatic rings. The average Bonchev–Trinajstić information content (AvgIpc) is 3.17. The van der Waals surface area contributed by atoms with Crippen LogP contribution in [0, 0.1) is 11.8 Å². The summed E-state index contributed by atoms with van der Waals surface area (Å²) in [4.78, 5) is 0. The molecule has 270 valence electrons. The third kappa shape index (κ3) is 13.7. The van der Waals surface area contributed by atoms with Crippen molar-refractivity contribution >= 4 is 0 Å². The highest BCUT2D eigenvalue weighted by molar-refractivity contribution is 5.73. The summed E-state index contributed by atoms with van der Waals surface area (Å²) in [6.07, 6.45) is 20.9. The van der Waals surface area contributed by atoms with Crippen molar-refractivity contribution in [2.45, 2.75) is 130 Å². The molecule has 0 bridgehead atoms. The van der Waals surface area contributed by atoms with Gasteiger partial charge in [0.15, 0.2) is 0 Å². The summed E-state index contributed by atoms with van der Waals surface area (Å²) < 4.78 is 12.6. The van der Waals surface area contributed by atoms with E-state index in [1.165, 1.54) is 136 Å². The van der Waals surface area contributed by atoms with Gasteiger partial charge >= 0.3 is 0 Å². The summed E-state index contributed by atoms with van der Waals surface area (Å²) in [6, 6.07) is 35.1. The second-order valence-corrected chi connectivity index (χ2v) is 14.5. The van der Waals surface area contributed by atoms with Gasteiger partial charge in [-0.15, -0.1) is 0 Å². The molecule has 0 saturated carbocycles. The summed E-state index contributed by atoms with van der Waals surface area (Å²) in [7, 11) is 0. The Balaban J connectivity index is 1.28. The van der Waals surface area contributed by atoms with E-state index in [4.69, 9.17) is 9.47 Å². The van der Waals surface area contributed by atoms with E-state index >= 15 is 0 Å². The Morgan fingerprint density at radius 1 is 0.320 bits per heavy atom. The standard InChI is InChI=1S/C48H66O2/c1-5-9-13-15-19-39(17-11-7-3)37-49-47-33-29-45(30-34-47)43-25-21-41(22-26-43)42-23-27-44(28-24-42)46-31-35-48(36-32-46)50-38-40(18-12-8-4)20-16-14-10-6-2/h21-36,39-40H,5-20,37-38H2,1-4H3/t39-,40+. The summed E-state index contributed by atoms with van der Waals surface area (Å²) in [6.45, 7) is 10.8. The van der Waals surface area contributed by atoms with Crippen molar-refractivity contribution in [2.75, 3.05) is 13.2 Å². The Bertz CT molecular complexity index is 1310. The first-order chi connectivity index (χ1) is 24.6. The van der Waals surface area contributed by atoms with E-state index in [1.807, 2.05) is 0 Å². The van der Waals surface area contributed by atoms with Crippen LogP contribution in [0.4, 0.5) is 0 Å². The monoisotopic (exact) mass is 675 g/mol. The van der Waals surface area contributed by atoms with Crippen LogP contribution in [0.25, 0.3) is 33.4 Å². The molecule has 2 heteroatoms. The van der Waals surface area contributed by atoms with Crippen molar-refractivity contribution in [1.82, 2.24) is 0 Å². The van der Waals surface area contributed by atoms with Gasteiger partial charge in [0.1, 0.15) is 11.5 Å². The molecule has 0 spiro atoms. The van der Waals surface area contributed by atoms with E-state index in [0.717, 1.165) is 24.7 Å². The topological polar surface area (TPSA) is 18.5 Å². The number of ether oxygens (including phenoxy) is 2. The third-order valence-electron chi connectivity index (χ3n) is 10.3. The predicted octanol–water partition coefficient (Wildman–Crippen LogP) is 15.0. The maximum absolute atomic E-state index is 6.28. The van der Waals surface area contributed by atoms with Crippen molar-refractivity contribution in [1.29, 1.82) is 0 Å². The Morgan fingerprint density at radius 2 is 0.580 bits per heavy atom. The first kappa shape index (κ1) is 39.3. The minimum Gasteiger partial charge on any atom is -0.493 e. The van der Waals surface area contributed by atoms with E-state index in [1.54, 1.807) is 0 Å². The molecular weight excluding hydrogens is 609 g/mol. The second kappa shape index (κ2) is 23.0. The van der Waals surface area contributed by atoms with Crippen LogP contribution < -0.4 is 9.47 Å². The lowest BCUT2D eigenvalue weighted by Crippen LogP contribution is -2.12. The molecule has 4 aromatic carbocycles. The van der Waals surface area contributed by atoms with E-state index in [-0.39, 0.29) is 0 Å². The lowest BCUT2D eigenvalue weighted by molar-refractivity contribution is 0.225. The Morgan fingerprint density at radius 3 is 0.860 bits per heavy atom. The Labute approximate surface area is 306 Å². The molecule has 0 aromatic heterocycles. The molecule has 0 amide bonds. The zero-order chi connectivity index (χ0) is 35.2. The summed E-state index contributed by atoms with van der Waals surface area (Å²) in [5.41, 5.74) is 7.35. The van der Waals surface area contributed by atoms with Gasteiger partial charge in [-0.25, -0.2) is 0 Å². The quantitative estimate of drug-likeness (QED) is 0.0651. The maximum Gasteiger partial charge on any atom is 0.119 e. The van der Waals surface area contributed by atoms with Crippen molar-refractivity contribution in [3.05, 3.63) is 97.1 Å². The molecule has 2 nitrogen and oxygen atoms in total. The molecule has 4 aromatic rings. The van der Waals surface area contributed by atoms with Crippen LogP contribution in [-0.2, 0) is 0 Å². The molecule has 4 rings (SSSR count). The molecular formula is C48H66O2. The van der Waals surface area contributed by atoms with E-state index in [0.29, 0.717) is 11.8 Å². The van der Waals surface area contributed by atoms with Crippen LogP contribution >= 0.6 is 0 Å². The normalized spacial score (nSPS) is 12.5. The smallest absolute Gasteiger partial charge is 0.119 e. The number of hydrogen-bond donors (Lipinski definition) is 0. The van der Waals surface area contributed by atoms with Crippen LogP contribution in [0.2, 0.25) is 0 Å². The third-order valence-corrected chi connectivity index (χ3v) is 10.3. The van der Waals surface area contributed by atoms with Crippen LogP contribution in [0.1, 0.15) is 130 Å². The van der Waals surface area contributed by atoms with E-state index in [9.17, 15) is 0 Å². The average molecular weight is 675 g/mol. The highest BCUT2D eigenvalue weighted by Crippen LogP contribution is 2.30. The fourth-order valence-corrected chi connectivity index (χ4v) is 6.95. The molecule has 0 saturated heterocycles. The molecule has 0 N–H and O–H groups in total. The van der Waals surface area contributed by atoms with E-state index in [2.05, 4.69) is 125 Å². The SMILES string of the molecule is CCCCCC[C@@H](CCCC)COc1ccc(-c2ccc(-c3ccc(-c4ccc(OC[C@@H](CCCC)CCCCCC)cc4)cc3)cc2)cc1. The van der Waals surface area contributed by atoms with Gasteiger partial charge in [-0.05, 0) is 95.2 Å². The fourth-order valence-electron chi connectivity index (χ4n) is 6.95. The second-order valence-electron chi connectivity index (χ2n) is 14.5. The maximum atomic E-state index is 6.28. The lowest BCUT2D eigenvalue weighted by Gasteiger charge is -2.18. The van der Waals surface area contributed by atoms with Gasteiger partial charge in [0, 0.05) is 0 Å². The molecule has 0 heterocycles. The van der Waals surface area contributed by atoms with Crippen LogP contribution in [0.5, 0.6) is 11.5 Å². The van der Waals surface area contributed by atoms with Gasteiger partial charge in [0.05, 0.1) is 13.2 Å². The fraction of sp³-hybridized carbons (Fsp3) is 0.500. The highest BCUT2D eigenvalue weighted by atomic mass is 16.5. The number of unbranched alkanes of at least 4 members (excludes halogenated alkanes) is 8. The summed E-state index contributed by atoms with van der Waals surface area (Å²) in [5, 5.41) is 0. The van der Waals surface area contributed by atoms with Gasteiger partial charge in [0.25, 0.3) is 0 Å². The molecule has 50 heavy (non-hydrogen) atoms. The van der Waals surface area contributed by atoms with Gasteiger partial charge in [-0.3, -0.25) is 0 Å². The number of benzene rings is 4. The number of hydrogen-bond acceptors (Lipinski definition) is 2. The largest absolute Gasteiger partial charge is 0.493 e. The van der Waals surface area contributed by atoms with Gasteiger partial charge in [-0.2, -0.15) is 0 Å². The molecule has 0 aliphatic heterocycles. The molecule has 0 unspecified atom stereocenters. The zero-order valence-corrected chi connectivity index (χ0v) is 31.9. The Kier molecular flexibility index (Phi) is 18.1. The van der Waals surface area contributed by atoms with Crippen LogP contribution in [0.15, 0.2) is 97.1 Å². The molecule has 0 aliphatic carbocycles. The van der Waals surface area contributed by atoms with Gasteiger partial charge in [-0.1, -0.05) is 178 Å². The first-order valence-electron chi connectivity index (χ1n) is 20.3. The van der Waals surface area contributed by atoms with Crippen LogP contribution in [0.3, 0.4) is 0 Å². The van der Waals surface area contributed by atoms with Gasteiger partial charge < -0.3 is 9.47 Å². The lowest BCUT2D eigenvalue weighted by atomic mass is 9.96. The van der Waals surface area contributed by atoms with Crippen molar-refractivity contribution in [2.24, 2.45) is 11.8 Å². The van der Waals surface area contributed by atoms with Gasteiger partial charge in [0.2, 0.25) is 0 Å². The molecule has 0 fully saturated rings. The highest BCUT2D eigenvalue weighted by Gasteiger charge is 2.12. The van der Waals surface area contributed by atoms with Crippen molar-refractivity contribution < 1.29 is 9.47 Å². The van der Waals surface area contributed by atoms with E-state index < -0.39 is 0 Å². The number of rotatable bonds is 25. The van der Waals surface area contributed by atoms with Crippen molar-refractivity contribution in [3.8, 4) is 44.9 Å². The summed E-state index contributed by atoms with van der Waals surface area (Å²) in [5.74, 6) is 3.28. The minimum atomic E-state index is 0.663. The zero-order valence-electron chi connectivity index (χ0n) is 31.9. The molecule has 0 radical (unpaired) electrons. The first-order valence-corrected chi connectivity index (χ1v) is 20.3. The Hall–Kier alpha value is -3.52. The summed E-state index contributed by atoms with van der Waals surface area (Å²) >= 11 is 0. The minimum absolute atomic E-state index is 0.663. The van der Waals surface area contributed by atoms with Crippen LogP contribution in [-0.4, -0.2) is 13.2 Å².